The Hall–Kier alpha value is -2.88. The maximum Gasteiger partial charge on any atom is 0.306 e. The SMILES string of the molecule is CC(C)(C)N=NC(C)(C#N)CC(CCC(CC(C)(C#N)N=NC(C)(C)C)C(=O)O)C(=O)O. The van der Waals surface area contributed by atoms with Gasteiger partial charge < -0.3 is 10.2 Å². The average molecular weight is 449 g/mol. The lowest BCUT2D eigenvalue weighted by molar-refractivity contribution is -0.145. The van der Waals surface area contributed by atoms with E-state index in [-0.39, 0.29) is 25.7 Å². The fourth-order valence-corrected chi connectivity index (χ4v) is 2.73. The minimum absolute atomic E-state index is 0.00648. The van der Waals surface area contributed by atoms with Gasteiger partial charge in [-0.1, -0.05) is 0 Å². The van der Waals surface area contributed by atoms with Crippen molar-refractivity contribution >= 4 is 11.9 Å². The van der Waals surface area contributed by atoms with Crippen LogP contribution in [0.15, 0.2) is 20.5 Å². The maximum atomic E-state index is 11.8. The van der Waals surface area contributed by atoms with E-state index in [9.17, 15) is 30.3 Å². The van der Waals surface area contributed by atoms with E-state index in [2.05, 4.69) is 20.5 Å². The Morgan fingerprint density at radius 3 is 1.16 bits per heavy atom. The summed E-state index contributed by atoms with van der Waals surface area (Å²) in [6.45, 7) is 13.9. The minimum atomic E-state index is -1.35. The third-order valence-electron chi connectivity index (χ3n) is 4.47. The van der Waals surface area contributed by atoms with Crippen LogP contribution in [0.5, 0.6) is 0 Å². The number of carbonyl (C=O) groups is 2. The highest BCUT2D eigenvalue weighted by atomic mass is 16.4. The minimum Gasteiger partial charge on any atom is -0.481 e. The summed E-state index contributed by atoms with van der Waals surface area (Å²) in [4.78, 5) is 23.6. The van der Waals surface area contributed by atoms with Crippen molar-refractivity contribution in [3.05, 3.63) is 0 Å². The molecule has 0 aliphatic heterocycles. The van der Waals surface area contributed by atoms with Crippen molar-refractivity contribution in [2.45, 2.75) is 103 Å². The molecule has 0 aromatic carbocycles. The molecule has 0 heterocycles. The second-order valence-corrected chi connectivity index (χ2v) is 10.6. The van der Waals surface area contributed by atoms with E-state index in [0.717, 1.165) is 0 Å². The summed E-state index contributed by atoms with van der Waals surface area (Å²) in [7, 11) is 0. The Balaban J connectivity index is 5.53. The van der Waals surface area contributed by atoms with E-state index in [1.165, 1.54) is 13.8 Å². The van der Waals surface area contributed by atoms with Gasteiger partial charge in [-0.3, -0.25) is 9.59 Å². The van der Waals surface area contributed by atoms with E-state index in [4.69, 9.17) is 0 Å². The first kappa shape index (κ1) is 29.1. The molecule has 4 unspecified atom stereocenters. The summed E-state index contributed by atoms with van der Waals surface area (Å²) >= 11 is 0. The van der Waals surface area contributed by atoms with E-state index in [0.29, 0.717) is 0 Å². The van der Waals surface area contributed by atoms with Crippen LogP contribution in [0.1, 0.15) is 81.1 Å². The van der Waals surface area contributed by atoms with Crippen LogP contribution >= 0.6 is 0 Å². The predicted molar refractivity (Wildman–Crippen MR) is 118 cm³/mol. The summed E-state index contributed by atoms with van der Waals surface area (Å²) in [5, 5.41) is 54.7. The zero-order valence-corrected chi connectivity index (χ0v) is 20.4. The first-order valence-corrected chi connectivity index (χ1v) is 10.5. The van der Waals surface area contributed by atoms with Gasteiger partial charge in [0.25, 0.3) is 0 Å². The standard InChI is InChI=1S/C22H36N6O4/c1-19(2,3)25-27-21(7,13-23)11-15(17(29)30)9-10-16(18(31)32)12-22(8,14-24)28-26-20(4,5)6/h15-16H,9-12H2,1-8H3,(H,29,30)(H,31,32). The van der Waals surface area contributed by atoms with Crippen molar-refractivity contribution < 1.29 is 19.8 Å². The van der Waals surface area contributed by atoms with E-state index in [1.54, 1.807) is 0 Å². The van der Waals surface area contributed by atoms with Gasteiger partial charge in [-0.05, 0) is 68.2 Å². The molecule has 2 N–H and O–H groups in total. The first-order chi connectivity index (χ1) is 14.4. The molecule has 10 heteroatoms. The van der Waals surface area contributed by atoms with E-state index in [1.807, 2.05) is 53.7 Å². The lowest BCUT2D eigenvalue weighted by Crippen LogP contribution is -2.31. The van der Waals surface area contributed by atoms with Gasteiger partial charge in [0.05, 0.1) is 35.1 Å². The molecule has 10 nitrogen and oxygen atoms in total. The molecule has 0 rings (SSSR count). The van der Waals surface area contributed by atoms with Crippen LogP contribution in [0.25, 0.3) is 0 Å². The summed E-state index contributed by atoms with van der Waals surface area (Å²) < 4.78 is 0. The zero-order chi connectivity index (χ0) is 25.4. The molecule has 0 saturated heterocycles. The Morgan fingerprint density at radius 1 is 0.688 bits per heavy atom. The zero-order valence-electron chi connectivity index (χ0n) is 20.4. The summed E-state index contributed by atoms with van der Waals surface area (Å²) in [5.41, 5.74) is -3.74. The van der Waals surface area contributed by atoms with Gasteiger partial charge >= 0.3 is 11.9 Å². The van der Waals surface area contributed by atoms with Crippen LogP contribution in [0.2, 0.25) is 0 Å². The number of carboxylic acids is 2. The number of nitriles is 2. The summed E-state index contributed by atoms with van der Waals surface area (Å²) in [6, 6.07) is 4.03. The van der Waals surface area contributed by atoms with Gasteiger partial charge in [0.15, 0.2) is 11.1 Å². The Bertz CT molecular complexity index is 744. The molecule has 0 amide bonds. The predicted octanol–water partition coefficient (Wildman–Crippen LogP) is 5.01. The van der Waals surface area contributed by atoms with Crippen LogP contribution < -0.4 is 0 Å². The third-order valence-corrected chi connectivity index (χ3v) is 4.47. The highest BCUT2D eigenvalue weighted by Gasteiger charge is 2.36. The molecule has 0 aromatic rings. The molecule has 0 saturated carbocycles. The van der Waals surface area contributed by atoms with Crippen molar-refractivity contribution in [1.29, 1.82) is 10.5 Å². The van der Waals surface area contributed by atoms with Crippen molar-refractivity contribution in [1.82, 2.24) is 0 Å². The normalized spacial score (nSPS) is 18.3. The number of carboxylic acid groups (broad SMARTS) is 2. The highest BCUT2D eigenvalue weighted by Crippen LogP contribution is 2.31. The molecule has 0 aliphatic rings. The topological polar surface area (TPSA) is 172 Å². The monoisotopic (exact) mass is 448 g/mol. The van der Waals surface area contributed by atoms with Gasteiger partial charge in [-0.15, -0.1) is 0 Å². The smallest absolute Gasteiger partial charge is 0.306 e. The maximum absolute atomic E-state index is 11.8. The number of hydrogen-bond acceptors (Lipinski definition) is 8. The van der Waals surface area contributed by atoms with Crippen LogP contribution in [-0.4, -0.2) is 44.3 Å². The molecule has 4 atom stereocenters. The number of rotatable bonds is 11. The van der Waals surface area contributed by atoms with Crippen LogP contribution in [0, 0.1) is 34.5 Å². The molecule has 0 fully saturated rings. The number of azo groups is 2. The lowest BCUT2D eigenvalue weighted by Gasteiger charge is -2.25. The molecular formula is C22H36N6O4. The largest absolute Gasteiger partial charge is 0.481 e. The Labute approximate surface area is 190 Å². The Kier molecular flexibility index (Phi) is 10.1. The Morgan fingerprint density at radius 2 is 0.969 bits per heavy atom. The van der Waals surface area contributed by atoms with Gasteiger partial charge in [0.1, 0.15) is 0 Å². The fraction of sp³-hybridized carbons (Fsp3) is 0.818. The molecule has 178 valence electrons. The quantitative estimate of drug-likeness (QED) is 0.420. The van der Waals surface area contributed by atoms with Gasteiger partial charge in [-0.25, -0.2) is 0 Å². The number of hydrogen-bond donors (Lipinski definition) is 2. The summed E-state index contributed by atoms with van der Waals surface area (Å²) in [5.74, 6) is -4.27. The van der Waals surface area contributed by atoms with E-state index >= 15 is 0 Å². The van der Waals surface area contributed by atoms with Crippen molar-refractivity contribution in [2.24, 2.45) is 32.3 Å². The van der Waals surface area contributed by atoms with Crippen molar-refractivity contribution in [2.75, 3.05) is 0 Å². The summed E-state index contributed by atoms with van der Waals surface area (Å²) in [6.07, 6.45) is -0.201. The lowest BCUT2D eigenvalue weighted by atomic mass is 9.82. The molecular weight excluding hydrogens is 412 g/mol. The van der Waals surface area contributed by atoms with Crippen LogP contribution in [0.4, 0.5) is 0 Å². The second kappa shape index (κ2) is 11.1. The van der Waals surface area contributed by atoms with Gasteiger partial charge in [0, 0.05) is 12.8 Å². The van der Waals surface area contributed by atoms with E-state index < -0.39 is 45.9 Å². The van der Waals surface area contributed by atoms with Crippen molar-refractivity contribution in [3.63, 3.8) is 0 Å². The first-order valence-electron chi connectivity index (χ1n) is 10.5. The van der Waals surface area contributed by atoms with Crippen molar-refractivity contribution in [3.8, 4) is 12.1 Å². The number of aliphatic carboxylic acids is 2. The molecule has 0 aromatic heterocycles. The fourth-order valence-electron chi connectivity index (χ4n) is 2.73. The van der Waals surface area contributed by atoms with Crippen LogP contribution in [-0.2, 0) is 9.59 Å². The van der Waals surface area contributed by atoms with Crippen LogP contribution in [0.3, 0.4) is 0 Å². The second-order valence-electron chi connectivity index (χ2n) is 10.6. The average Bonchev–Trinajstić information content (AvgIpc) is 2.65. The molecule has 0 aliphatic carbocycles. The molecule has 32 heavy (non-hydrogen) atoms. The third kappa shape index (κ3) is 11.5. The van der Waals surface area contributed by atoms with Gasteiger partial charge in [0.2, 0.25) is 0 Å². The highest BCUT2D eigenvalue weighted by molar-refractivity contribution is 5.71. The molecule has 0 bridgehead atoms. The van der Waals surface area contributed by atoms with Gasteiger partial charge in [-0.2, -0.15) is 31.0 Å². The number of nitrogens with zero attached hydrogens (tertiary/aromatic N) is 6. The molecule has 0 spiro atoms. The molecule has 0 radical (unpaired) electrons.